The Balaban J connectivity index is 3.55. The number of halogens is 3. The molecule has 82 valence electrons. The molecule has 3 nitrogen and oxygen atoms in total. The largest absolute Gasteiger partial charge is 0.507 e. The number of carbonyl (C=O) groups is 1. The minimum Gasteiger partial charge on any atom is -0.507 e. The number of phenols is 1. The quantitative estimate of drug-likeness (QED) is 0.562. The van der Waals surface area contributed by atoms with E-state index >= 15 is 0 Å². The number of benzene rings is 1. The van der Waals surface area contributed by atoms with Crippen LogP contribution in [-0.4, -0.2) is 10.9 Å². The summed E-state index contributed by atoms with van der Waals surface area (Å²) in [6.07, 6.45) is -4.78. The van der Waals surface area contributed by atoms with Gasteiger partial charge in [-0.3, -0.25) is 4.79 Å². The number of aromatic hydroxyl groups is 1. The monoisotopic (exact) mass is 219 g/mol. The molecular weight excluding hydrogens is 211 g/mol. The molecule has 6 heteroatoms. The predicted molar refractivity (Wildman–Crippen MR) is 47.5 cm³/mol. The second-order valence-corrected chi connectivity index (χ2v) is 3.02. The third-order valence-corrected chi connectivity index (χ3v) is 1.80. The highest BCUT2D eigenvalue weighted by Crippen LogP contribution is 2.39. The Morgan fingerprint density at radius 2 is 1.93 bits per heavy atom. The fraction of sp³-hybridized carbons (Fsp3) is 0.222. The summed E-state index contributed by atoms with van der Waals surface area (Å²) in [7, 11) is 0. The average molecular weight is 219 g/mol. The summed E-state index contributed by atoms with van der Waals surface area (Å²) in [5, 5.41) is 9.10. The maximum Gasteiger partial charge on any atom is 0.420 e. The van der Waals surface area contributed by atoms with Crippen molar-refractivity contribution < 1.29 is 23.1 Å². The van der Waals surface area contributed by atoms with Gasteiger partial charge in [-0.15, -0.1) is 0 Å². The molecule has 0 aliphatic rings. The van der Waals surface area contributed by atoms with Gasteiger partial charge in [0.15, 0.2) is 5.78 Å². The van der Waals surface area contributed by atoms with Gasteiger partial charge in [-0.05, 0) is 13.0 Å². The molecule has 0 amide bonds. The van der Waals surface area contributed by atoms with E-state index in [1.165, 1.54) is 0 Å². The number of Topliss-reactive ketones (excluding diaryl/α,β-unsaturated/α-hetero) is 1. The zero-order valence-electron chi connectivity index (χ0n) is 7.72. The number of anilines is 1. The Morgan fingerprint density at radius 1 is 1.40 bits per heavy atom. The second-order valence-electron chi connectivity index (χ2n) is 3.02. The maximum atomic E-state index is 12.4. The Morgan fingerprint density at radius 3 is 2.33 bits per heavy atom. The van der Waals surface area contributed by atoms with Gasteiger partial charge in [-0.2, -0.15) is 13.2 Å². The number of ketones is 1. The highest BCUT2D eigenvalue weighted by molar-refractivity contribution is 5.97. The fourth-order valence-corrected chi connectivity index (χ4v) is 1.22. The summed E-state index contributed by atoms with van der Waals surface area (Å²) < 4.78 is 37.3. The van der Waals surface area contributed by atoms with Crippen molar-refractivity contribution in [2.24, 2.45) is 0 Å². The van der Waals surface area contributed by atoms with Crippen LogP contribution < -0.4 is 5.73 Å². The number of nitrogens with two attached hydrogens (primary N) is 1. The van der Waals surface area contributed by atoms with Crippen molar-refractivity contribution >= 4 is 11.5 Å². The van der Waals surface area contributed by atoms with Gasteiger partial charge in [0.1, 0.15) is 11.3 Å². The van der Waals surface area contributed by atoms with Crippen molar-refractivity contribution in [2.75, 3.05) is 5.73 Å². The zero-order valence-corrected chi connectivity index (χ0v) is 7.72. The minimum absolute atomic E-state index is 0.0919. The van der Waals surface area contributed by atoms with Crippen molar-refractivity contribution in [3.63, 3.8) is 0 Å². The standard InChI is InChI=1S/C9H8F3NO2/c1-4(14)6-2-5(13)3-7(15)8(6)9(10,11)12/h2-3,15H,13H2,1H3. The first-order chi connectivity index (χ1) is 6.73. The molecule has 0 aromatic heterocycles. The van der Waals surface area contributed by atoms with Crippen LogP contribution in [0.15, 0.2) is 12.1 Å². The molecule has 3 N–H and O–H groups in total. The summed E-state index contributed by atoms with van der Waals surface area (Å²) >= 11 is 0. The third kappa shape index (κ3) is 2.20. The van der Waals surface area contributed by atoms with Crippen LogP contribution in [0.4, 0.5) is 18.9 Å². The second kappa shape index (κ2) is 3.45. The normalized spacial score (nSPS) is 11.5. The molecule has 0 spiro atoms. The van der Waals surface area contributed by atoms with Crippen molar-refractivity contribution in [1.82, 2.24) is 0 Å². The number of nitrogen functional groups attached to an aromatic ring is 1. The van der Waals surface area contributed by atoms with Crippen molar-refractivity contribution in [1.29, 1.82) is 0 Å². The molecule has 15 heavy (non-hydrogen) atoms. The lowest BCUT2D eigenvalue weighted by Crippen LogP contribution is -2.12. The van der Waals surface area contributed by atoms with Gasteiger partial charge in [0.25, 0.3) is 0 Å². The Kier molecular flexibility index (Phi) is 2.61. The molecule has 0 aliphatic carbocycles. The van der Waals surface area contributed by atoms with Crippen LogP contribution in [0.3, 0.4) is 0 Å². The van der Waals surface area contributed by atoms with Crippen molar-refractivity contribution in [3.05, 3.63) is 23.3 Å². The van der Waals surface area contributed by atoms with Gasteiger partial charge in [0.2, 0.25) is 0 Å². The summed E-state index contributed by atoms with van der Waals surface area (Å²) in [5.74, 6) is -1.84. The SMILES string of the molecule is CC(=O)c1cc(N)cc(O)c1C(F)(F)F. The molecule has 1 rings (SSSR count). The Bertz CT molecular complexity index is 413. The van der Waals surface area contributed by atoms with Gasteiger partial charge < -0.3 is 10.8 Å². The van der Waals surface area contributed by atoms with E-state index < -0.39 is 28.8 Å². The molecule has 0 radical (unpaired) electrons. The first kappa shape index (κ1) is 11.4. The highest BCUT2D eigenvalue weighted by Gasteiger charge is 2.37. The molecule has 0 bridgehead atoms. The number of phenolic OH excluding ortho intramolecular Hbond substituents is 1. The van der Waals surface area contributed by atoms with Crippen LogP contribution in [0.5, 0.6) is 5.75 Å². The number of carbonyl (C=O) groups excluding carboxylic acids is 1. The van der Waals surface area contributed by atoms with Crippen LogP contribution in [0, 0.1) is 0 Å². The summed E-state index contributed by atoms with van der Waals surface area (Å²) in [5.41, 5.74) is 3.17. The molecule has 0 aliphatic heterocycles. The lowest BCUT2D eigenvalue weighted by atomic mass is 10.0. The topological polar surface area (TPSA) is 63.3 Å². The van der Waals surface area contributed by atoms with Crippen LogP contribution in [0.2, 0.25) is 0 Å². The highest BCUT2D eigenvalue weighted by atomic mass is 19.4. The zero-order chi connectivity index (χ0) is 11.8. The lowest BCUT2D eigenvalue weighted by Gasteiger charge is -2.13. The first-order valence-corrected chi connectivity index (χ1v) is 3.94. The fourth-order valence-electron chi connectivity index (χ4n) is 1.22. The van der Waals surface area contributed by atoms with Gasteiger partial charge >= 0.3 is 6.18 Å². The summed E-state index contributed by atoms with van der Waals surface area (Å²) in [6.45, 7) is 0.976. The van der Waals surface area contributed by atoms with E-state index in [1.807, 2.05) is 0 Å². The summed E-state index contributed by atoms with van der Waals surface area (Å²) in [4.78, 5) is 11.0. The number of hydrogen-bond acceptors (Lipinski definition) is 3. The molecule has 0 atom stereocenters. The number of alkyl halides is 3. The maximum absolute atomic E-state index is 12.4. The van der Waals surface area contributed by atoms with Gasteiger partial charge in [0, 0.05) is 17.3 Å². The molecule has 0 fully saturated rings. The van der Waals surface area contributed by atoms with Crippen LogP contribution >= 0.6 is 0 Å². The smallest absolute Gasteiger partial charge is 0.420 e. The molecule has 1 aromatic rings. The third-order valence-electron chi connectivity index (χ3n) is 1.80. The first-order valence-electron chi connectivity index (χ1n) is 3.94. The van der Waals surface area contributed by atoms with Crippen LogP contribution in [-0.2, 0) is 6.18 Å². The van der Waals surface area contributed by atoms with Crippen molar-refractivity contribution in [3.8, 4) is 5.75 Å². The molecule has 0 unspecified atom stereocenters. The van der Waals surface area contributed by atoms with Gasteiger partial charge in [-0.25, -0.2) is 0 Å². The van der Waals surface area contributed by atoms with Crippen LogP contribution in [0.25, 0.3) is 0 Å². The lowest BCUT2D eigenvalue weighted by molar-refractivity contribution is -0.139. The molecule has 0 heterocycles. The molecule has 0 saturated heterocycles. The van der Waals surface area contributed by atoms with Gasteiger partial charge in [0.05, 0.1) is 0 Å². The van der Waals surface area contributed by atoms with E-state index in [-0.39, 0.29) is 5.69 Å². The summed E-state index contributed by atoms with van der Waals surface area (Å²) in [6, 6.07) is 1.65. The Labute approximate surface area is 83.3 Å². The van der Waals surface area contributed by atoms with Crippen LogP contribution in [0.1, 0.15) is 22.8 Å². The van der Waals surface area contributed by atoms with E-state index in [1.54, 1.807) is 0 Å². The molecule has 1 aromatic carbocycles. The average Bonchev–Trinajstić information content (AvgIpc) is 1.99. The van der Waals surface area contributed by atoms with E-state index in [4.69, 9.17) is 10.8 Å². The number of rotatable bonds is 1. The Hall–Kier alpha value is -1.72. The predicted octanol–water partition coefficient (Wildman–Crippen LogP) is 2.20. The van der Waals surface area contributed by atoms with E-state index in [0.29, 0.717) is 0 Å². The molecular formula is C9H8F3NO2. The van der Waals surface area contributed by atoms with E-state index in [2.05, 4.69) is 0 Å². The van der Waals surface area contributed by atoms with Gasteiger partial charge in [-0.1, -0.05) is 0 Å². The van der Waals surface area contributed by atoms with Crippen molar-refractivity contribution in [2.45, 2.75) is 13.1 Å². The van der Waals surface area contributed by atoms with E-state index in [9.17, 15) is 18.0 Å². The van der Waals surface area contributed by atoms with E-state index in [0.717, 1.165) is 19.1 Å². The number of hydrogen-bond donors (Lipinski definition) is 2. The minimum atomic E-state index is -4.78. The molecule has 0 saturated carbocycles.